The Hall–Kier alpha value is -1.26. The van der Waals surface area contributed by atoms with E-state index in [4.69, 9.17) is 4.74 Å². The number of carbonyl (C=O) groups excluding carboxylic acids is 1. The lowest BCUT2D eigenvalue weighted by atomic mass is 9.84. The minimum atomic E-state index is -0.922. The number of carbonyl (C=O) groups is 2. The number of aliphatic carboxylic acids is 1. The molecule has 2 unspecified atom stereocenters. The van der Waals surface area contributed by atoms with Crippen LogP contribution in [0.25, 0.3) is 0 Å². The maximum atomic E-state index is 12.3. The summed E-state index contributed by atoms with van der Waals surface area (Å²) in [5, 5.41) is 9.54. The first-order valence-corrected chi connectivity index (χ1v) is 7.84. The third kappa shape index (κ3) is 5.56. The van der Waals surface area contributed by atoms with E-state index in [0.29, 0.717) is 12.5 Å². The van der Waals surface area contributed by atoms with Crippen molar-refractivity contribution in [3.63, 3.8) is 0 Å². The number of ether oxygens (including phenoxy) is 1. The Labute approximate surface area is 127 Å². The Morgan fingerprint density at radius 1 is 1.33 bits per heavy atom. The van der Waals surface area contributed by atoms with Crippen molar-refractivity contribution in [3.8, 4) is 0 Å². The Kier molecular flexibility index (Phi) is 6.05. The number of piperidine rings is 1. The van der Waals surface area contributed by atoms with Crippen molar-refractivity contribution in [2.45, 2.75) is 71.9 Å². The zero-order valence-corrected chi connectivity index (χ0v) is 13.9. The Morgan fingerprint density at radius 3 is 2.43 bits per heavy atom. The van der Waals surface area contributed by atoms with Gasteiger partial charge in [0, 0.05) is 6.54 Å². The van der Waals surface area contributed by atoms with Crippen LogP contribution in [-0.4, -0.2) is 40.3 Å². The van der Waals surface area contributed by atoms with E-state index in [0.717, 1.165) is 25.7 Å². The summed E-state index contributed by atoms with van der Waals surface area (Å²) in [6.45, 7) is 10.1. The molecule has 1 amide bonds. The second-order valence-electron chi connectivity index (χ2n) is 7.33. The number of likely N-dealkylation sites (tertiary alicyclic amines) is 1. The van der Waals surface area contributed by atoms with E-state index in [1.807, 2.05) is 0 Å². The fourth-order valence-electron chi connectivity index (χ4n) is 2.79. The number of rotatable bonds is 4. The van der Waals surface area contributed by atoms with Gasteiger partial charge in [-0.25, -0.2) is 9.59 Å². The van der Waals surface area contributed by atoms with Crippen LogP contribution >= 0.6 is 0 Å². The zero-order valence-electron chi connectivity index (χ0n) is 13.9. The van der Waals surface area contributed by atoms with E-state index >= 15 is 0 Å². The van der Waals surface area contributed by atoms with Crippen molar-refractivity contribution in [1.82, 2.24) is 4.90 Å². The van der Waals surface area contributed by atoms with Crippen LogP contribution in [-0.2, 0) is 9.53 Å². The molecular weight excluding hydrogens is 270 g/mol. The smallest absolute Gasteiger partial charge is 0.411 e. The lowest BCUT2D eigenvalue weighted by molar-refractivity contribution is -0.147. The van der Waals surface area contributed by atoms with Gasteiger partial charge in [-0.15, -0.1) is 0 Å². The van der Waals surface area contributed by atoms with Gasteiger partial charge in [-0.05, 0) is 51.9 Å². The number of hydrogen-bond acceptors (Lipinski definition) is 3. The summed E-state index contributed by atoms with van der Waals surface area (Å²) in [6, 6.07) is -0.757. The van der Waals surface area contributed by atoms with Gasteiger partial charge >= 0.3 is 12.1 Å². The van der Waals surface area contributed by atoms with Gasteiger partial charge in [-0.3, -0.25) is 4.90 Å². The van der Waals surface area contributed by atoms with E-state index in [9.17, 15) is 14.7 Å². The standard InChI is InChI=1S/C16H29NO4/c1-11(2)8-9-12-7-6-10-17(13(12)14(18)19)15(20)21-16(3,4)5/h11-13H,6-10H2,1-5H3,(H,18,19). The van der Waals surface area contributed by atoms with Gasteiger partial charge in [0.15, 0.2) is 0 Å². The molecule has 1 saturated heterocycles. The molecule has 2 atom stereocenters. The number of carboxylic acid groups (broad SMARTS) is 1. The Morgan fingerprint density at radius 2 is 1.95 bits per heavy atom. The van der Waals surface area contributed by atoms with E-state index in [1.165, 1.54) is 4.90 Å². The molecule has 0 aromatic carbocycles. The first-order valence-electron chi connectivity index (χ1n) is 7.84. The van der Waals surface area contributed by atoms with Crippen molar-refractivity contribution in [2.24, 2.45) is 11.8 Å². The molecule has 122 valence electrons. The molecule has 0 aliphatic carbocycles. The van der Waals surface area contributed by atoms with Crippen LogP contribution in [0.15, 0.2) is 0 Å². The minimum Gasteiger partial charge on any atom is -0.480 e. The summed E-state index contributed by atoms with van der Waals surface area (Å²) in [4.78, 5) is 25.3. The molecule has 1 aliphatic heterocycles. The average Bonchev–Trinajstić information content (AvgIpc) is 2.33. The van der Waals surface area contributed by atoms with Gasteiger partial charge in [0.05, 0.1) is 0 Å². The number of hydrogen-bond donors (Lipinski definition) is 1. The molecule has 1 fully saturated rings. The highest BCUT2D eigenvalue weighted by atomic mass is 16.6. The first-order chi connectivity index (χ1) is 9.61. The molecule has 1 N–H and O–H groups in total. The molecule has 0 saturated carbocycles. The monoisotopic (exact) mass is 299 g/mol. The SMILES string of the molecule is CC(C)CCC1CCCN(C(=O)OC(C)(C)C)C1C(=O)O. The van der Waals surface area contributed by atoms with Gasteiger partial charge in [0.1, 0.15) is 11.6 Å². The summed E-state index contributed by atoms with van der Waals surface area (Å²) >= 11 is 0. The van der Waals surface area contributed by atoms with Crippen LogP contribution in [0.1, 0.15) is 60.3 Å². The lowest BCUT2D eigenvalue weighted by Crippen LogP contribution is -2.53. The van der Waals surface area contributed by atoms with Gasteiger partial charge in [0.2, 0.25) is 0 Å². The van der Waals surface area contributed by atoms with E-state index in [-0.39, 0.29) is 5.92 Å². The average molecular weight is 299 g/mol. The third-order valence-electron chi connectivity index (χ3n) is 3.75. The highest BCUT2D eigenvalue weighted by Crippen LogP contribution is 2.30. The fraction of sp³-hybridized carbons (Fsp3) is 0.875. The van der Waals surface area contributed by atoms with Crippen molar-refractivity contribution in [3.05, 3.63) is 0 Å². The molecule has 1 rings (SSSR count). The number of nitrogens with zero attached hydrogens (tertiary/aromatic N) is 1. The van der Waals surface area contributed by atoms with Crippen LogP contribution in [0.2, 0.25) is 0 Å². The molecule has 0 aromatic heterocycles. The maximum absolute atomic E-state index is 12.3. The molecule has 0 bridgehead atoms. The lowest BCUT2D eigenvalue weighted by Gasteiger charge is -2.39. The molecule has 1 aliphatic rings. The maximum Gasteiger partial charge on any atom is 0.411 e. The normalized spacial score (nSPS) is 23.2. The van der Waals surface area contributed by atoms with Crippen LogP contribution < -0.4 is 0 Å². The summed E-state index contributed by atoms with van der Waals surface area (Å²) in [5.74, 6) is -0.364. The van der Waals surface area contributed by atoms with Crippen molar-refractivity contribution < 1.29 is 19.4 Å². The van der Waals surface area contributed by atoms with Crippen LogP contribution in [0, 0.1) is 11.8 Å². The quantitative estimate of drug-likeness (QED) is 0.862. The highest BCUT2D eigenvalue weighted by molar-refractivity contribution is 5.80. The third-order valence-corrected chi connectivity index (χ3v) is 3.75. The van der Waals surface area contributed by atoms with Crippen LogP contribution in [0.3, 0.4) is 0 Å². The fourth-order valence-corrected chi connectivity index (χ4v) is 2.79. The zero-order chi connectivity index (χ0) is 16.2. The molecule has 1 heterocycles. The molecular formula is C16H29NO4. The van der Waals surface area contributed by atoms with E-state index in [1.54, 1.807) is 20.8 Å². The van der Waals surface area contributed by atoms with Gasteiger partial charge < -0.3 is 9.84 Å². The molecule has 21 heavy (non-hydrogen) atoms. The number of amides is 1. The van der Waals surface area contributed by atoms with Gasteiger partial charge in [-0.2, -0.15) is 0 Å². The van der Waals surface area contributed by atoms with Crippen molar-refractivity contribution in [1.29, 1.82) is 0 Å². The van der Waals surface area contributed by atoms with E-state index < -0.39 is 23.7 Å². The van der Waals surface area contributed by atoms with Gasteiger partial charge in [-0.1, -0.05) is 20.3 Å². The Balaban J connectivity index is 2.81. The summed E-state index contributed by atoms with van der Waals surface area (Å²) in [5.41, 5.74) is -0.606. The topological polar surface area (TPSA) is 66.8 Å². The summed E-state index contributed by atoms with van der Waals surface area (Å²) in [6.07, 6.45) is 3.02. The second-order valence-corrected chi connectivity index (χ2v) is 7.33. The molecule has 0 spiro atoms. The second kappa shape index (κ2) is 7.14. The minimum absolute atomic E-state index is 0.0196. The molecule has 0 aromatic rings. The predicted molar refractivity (Wildman–Crippen MR) is 81.2 cm³/mol. The first kappa shape index (κ1) is 17.8. The number of carboxylic acids is 1. The summed E-state index contributed by atoms with van der Waals surface area (Å²) < 4.78 is 5.36. The van der Waals surface area contributed by atoms with E-state index in [2.05, 4.69) is 13.8 Å². The van der Waals surface area contributed by atoms with Crippen LogP contribution in [0.5, 0.6) is 0 Å². The largest absolute Gasteiger partial charge is 0.480 e. The molecule has 0 radical (unpaired) electrons. The summed E-state index contributed by atoms with van der Waals surface area (Å²) in [7, 11) is 0. The van der Waals surface area contributed by atoms with Crippen molar-refractivity contribution >= 4 is 12.1 Å². The van der Waals surface area contributed by atoms with Crippen LogP contribution in [0.4, 0.5) is 4.79 Å². The Bertz CT molecular complexity index is 373. The highest BCUT2D eigenvalue weighted by Gasteiger charge is 2.40. The molecule has 5 nitrogen and oxygen atoms in total. The van der Waals surface area contributed by atoms with Gasteiger partial charge in [0.25, 0.3) is 0 Å². The van der Waals surface area contributed by atoms with Crippen molar-refractivity contribution in [2.75, 3.05) is 6.54 Å². The molecule has 5 heteroatoms. The predicted octanol–water partition coefficient (Wildman–Crippen LogP) is 3.52.